The van der Waals surface area contributed by atoms with Crippen LogP contribution in [0, 0.1) is 11.8 Å². The maximum absolute atomic E-state index is 5.67. The van der Waals surface area contributed by atoms with Gasteiger partial charge in [-0.2, -0.15) is 0 Å². The summed E-state index contributed by atoms with van der Waals surface area (Å²) in [5.41, 5.74) is 0. The summed E-state index contributed by atoms with van der Waals surface area (Å²) in [4.78, 5) is 0. The Morgan fingerprint density at radius 1 is 1.55 bits per heavy atom. The lowest BCUT2D eigenvalue weighted by Crippen LogP contribution is -2.28. The van der Waals surface area contributed by atoms with Crippen LogP contribution in [0.1, 0.15) is 13.8 Å². The van der Waals surface area contributed by atoms with Crippen LogP contribution < -0.4 is 5.84 Å². The zero-order chi connectivity index (χ0) is 8.27. The topological polar surface area (TPSA) is 38.5 Å². The second kappa shape index (κ2) is 4.04. The van der Waals surface area contributed by atoms with Gasteiger partial charge in [0.05, 0.1) is 6.61 Å². The molecule has 0 saturated carbocycles. The molecule has 66 valence electrons. The van der Waals surface area contributed by atoms with Gasteiger partial charge in [-0.3, -0.25) is 5.84 Å². The molecule has 0 aliphatic carbocycles. The summed E-state index contributed by atoms with van der Waals surface area (Å²) < 4.78 is 5.35. The molecule has 0 bridgehead atoms. The van der Waals surface area contributed by atoms with Crippen molar-refractivity contribution in [3.63, 3.8) is 0 Å². The molecule has 2 atom stereocenters. The van der Waals surface area contributed by atoms with Crippen molar-refractivity contribution in [3.05, 3.63) is 0 Å². The first-order chi connectivity index (χ1) is 5.24. The Morgan fingerprint density at radius 2 is 2.27 bits per heavy atom. The van der Waals surface area contributed by atoms with E-state index >= 15 is 0 Å². The minimum Gasteiger partial charge on any atom is -0.381 e. The number of rotatable bonds is 3. The minimum absolute atomic E-state index is 0.639. The van der Waals surface area contributed by atoms with E-state index in [1.54, 1.807) is 0 Å². The third-order valence-corrected chi connectivity index (χ3v) is 2.33. The Bertz CT molecular complexity index is 119. The molecule has 0 aromatic rings. The average molecular weight is 158 g/mol. The third kappa shape index (κ3) is 2.43. The van der Waals surface area contributed by atoms with E-state index in [-0.39, 0.29) is 0 Å². The van der Waals surface area contributed by atoms with Crippen LogP contribution in [-0.2, 0) is 4.74 Å². The molecule has 11 heavy (non-hydrogen) atoms. The lowest BCUT2D eigenvalue weighted by Gasteiger charge is -2.12. The van der Waals surface area contributed by atoms with Crippen molar-refractivity contribution < 1.29 is 4.74 Å². The third-order valence-electron chi connectivity index (χ3n) is 2.33. The minimum atomic E-state index is 0.639. The largest absolute Gasteiger partial charge is 0.381 e. The van der Waals surface area contributed by atoms with E-state index in [9.17, 15) is 0 Å². The fourth-order valence-electron chi connectivity index (χ4n) is 1.56. The smallest absolute Gasteiger partial charge is 0.0509 e. The van der Waals surface area contributed by atoms with Crippen molar-refractivity contribution in [1.82, 2.24) is 5.01 Å². The summed E-state index contributed by atoms with van der Waals surface area (Å²) in [6.07, 6.45) is 0. The van der Waals surface area contributed by atoms with E-state index < -0.39 is 0 Å². The summed E-state index contributed by atoms with van der Waals surface area (Å²) in [5.74, 6) is 6.99. The Balaban J connectivity index is 2.23. The Hall–Kier alpha value is -0.120. The first-order valence-electron chi connectivity index (χ1n) is 4.31. The molecule has 0 aromatic heterocycles. The summed E-state index contributed by atoms with van der Waals surface area (Å²) in [6, 6.07) is 0. The molecular weight excluding hydrogens is 140 g/mol. The molecule has 0 spiro atoms. The highest BCUT2D eigenvalue weighted by molar-refractivity contribution is 4.77. The van der Waals surface area contributed by atoms with Gasteiger partial charge in [-0.15, -0.1) is 0 Å². The van der Waals surface area contributed by atoms with Gasteiger partial charge < -0.3 is 4.74 Å². The fraction of sp³-hybridized carbons (Fsp3) is 1.00. The van der Waals surface area contributed by atoms with Gasteiger partial charge in [0, 0.05) is 25.6 Å². The quantitative estimate of drug-likeness (QED) is 0.607. The van der Waals surface area contributed by atoms with Crippen LogP contribution in [0.5, 0.6) is 0 Å². The van der Waals surface area contributed by atoms with Crippen LogP contribution in [-0.4, -0.2) is 31.3 Å². The molecule has 1 aliphatic heterocycles. The maximum Gasteiger partial charge on any atom is 0.0509 e. The lowest BCUT2D eigenvalue weighted by molar-refractivity contribution is 0.101. The molecule has 1 saturated heterocycles. The van der Waals surface area contributed by atoms with Crippen LogP contribution >= 0.6 is 0 Å². The van der Waals surface area contributed by atoms with Crippen LogP contribution in [0.25, 0.3) is 0 Å². The van der Waals surface area contributed by atoms with Gasteiger partial charge in [0.15, 0.2) is 0 Å². The highest BCUT2D eigenvalue weighted by Crippen LogP contribution is 2.20. The summed E-state index contributed by atoms with van der Waals surface area (Å²) in [7, 11) is 0. The van der Waals surface area contributed by atoms with Gasteiger partial charge in [0.2, 0.25) is 0 Å². The van der Waals surface area contributed by atoms with E-state index in [0.717, 1.165) is 26.3 Å². The van der Waals surface area contributed by atoms with Crippen LogP contribution in [0.4, 0.5) is 0 Å². The zero-order valence-corrected chi connectivity index (χ0v) is 7.42. The number of ether oxygens (including phenoxy) is 1. The van der Waals surface area contributed by atoms with Crippen molar-refractivity contribution in [1.29, 1.82) is 0 Å². The van der Waals surface area contributed by atoms with Crippen LogP contribution in [0.2, 0.25) is 0 Å². The fourth-order valence-corrected chi connectivity index (χ4v) is 1.56. The number of hydrogen-bond donors (Lipinski definition) is 1. The number of nitrogens with two attached hydrogens (primary N) is 1. The van der Waals surface area contributed by atoms with Crippen LogP contribution in [0.15, 0.2) is 0 Å². The molecular formula is C8H18N2O. The van der Waals surface area contributed by atoms with Crippen molar-refractivity contribution in [2.75, 3.05) is 26.3 Å². The SMILES string of the molecule is CCOC[C@H]1CN(N)C[C@H]1C. The predicted octanol–water partition coefficient (Wildman–Crippen LogP) is 0.465. The standard InChI is InChI=1S/C8H18N2O/c1-3-11-6-8-5-10(9)4-7(8)2/h7-8H,3-6,9H2,1-2H3/t7-,8-/m1/s1. The van der Waals surface area contributed by atoms with Gasteiger partial charge in [0.1, 0.15) is 0 Å². The second-order valence-electron chi connectivity index (χ2n) is 3.35. The van der Waals surface area contributed by atoms with Crippen molar-refractivity contribution in [2.24, 2.45) is 17.7 Å². The predicted molar refractivity (Wildman–Crippen MR) is 44.9 cm³/mol. The number of nitrogens with zero attached hydrogens (tertiary/aromatic N) is 1. The normalized spacial score (nSPS) is 33.0. The van der Waals surface area contributed by atoms with E-state index in [4.69, 9.17) is 10.6 Å². The highest BCUT2D eigenvalue weighted by Gasteiger charge is 2.27. The van der Waals surface area contributed by atoms with Crippen molar-refractivity contribution in [2.45, 2.75) is 13.8 Å². The van der Waals surface area contributed by atoms with Crippen molar-refractivity contribution in [3.8, 4) is 0 Å². The summed E-state index contributed by atoms with van der Waals surface area (Å²) >= 11 is 0. The first kappa shape index (κ1) is 8.97. The van der Waals surface area contributed by atoms with Crippen LogP contribution in [0.3, 0.4) is 0 Å². The molecule has 0 unspecified atom stereocenters. The van der Waals surface area contributed by atoms with E-state index in [1.165, 1.54) is 0 Å². The van der Waals surface area contributed by atoms with Gasteiger partial charge in [-0.1, -0.05) is 6.92 Å². The molecule has 1 rings (SSSR count). The van der Waals surface area contributed by atoms with Gasteiger partial charge in [-0.05, 0) is 12.8 Å². The second-order valence-corrected chi connectivity index (χ2v) is 3.35. The van der Waals surface area contributed by atoms with Crippen molar-refractivity contribution >= 4 is 0 Å². The highest BCUT2D eigenvalue weighted by atomic mass is 16.5. The molecule has 1 aliphatic rings. The van der Waals surface area contributed by atoms with Gasteiger partial charge in [0.25, 0.3) is 0 Å². The Morgan fingerprint density at radius 3 is 2.73 bits per heavy atom. The molecule has 3 nitrogen and oxygen atoms in total. The number of hydrogen-bond acceptors (Lipinski definition) is 3. The molecule has 0 amide bonds. The average Bonchev–Trinajstić information content (AvgIpc) is 2.26. The van der Waals surface area contributed by atoms with E-state index in [1.807, 2.05) is 11.9 Å². The summed E-state index contributed by atoms with van der Waals surface area (Å²) in [5, 5.41) is 1.88. The number of hydrazine groups is 1. The zero-order valence-electron chi connectivity index (χ0n) is 7.42. The Kier molecular flexibility index (Phi) is 3.30. The monoisotopic (exact) mass is 158 g/mol. The van der Waals surface area contributed by atoms with E-state index in [2.05, 4.69) is 6.92 Å². The van der Waals surface area contributed by atoms with Gasteiger partial charge in [-0.25, -0.2) is 5.01 Å². The van der Waals surface area contributed by atoms with Gasteiger partial charge >= 0.3 is 0 Å². The lowest BCUT2D eigenvalue weighted by atomic mass is 9.99. The molecule has 1 fully saturated rings. The molecule has 0 radical (unpaired) electrons. The molecule has 0 aromatic carbocycles. The molecule has 2 N–H and O–H groups in total. The summed E-state index contributed by atoms with van der Waals surface area (Å²) in [6.45, 7) is 7.94. The maximum atomic E-state index is 5.67. The molecule has 1 heterocycles. The Labute approximate surface area is 68.5 Å². The van der Waals surface area contributed by atoms with E-state index in [0.29, 0.717) is 11.8 Å². The molecule has 3 heteroatoms. The first-order valence-corrected chi connectivity index (χ1v) is 4.31.